The summed E-state index contributed by atoms with van der Waals surface area (Å²) in [5.41, 5.74) is -0.616. The molecule has 0 saturated heterocycles. The fraction of sp³-hybridized carbons (Fsp3) is 0.920. The molecule has 1 aliphatic rings. The third kappa shape index (κ3) is 15.1. The SMILES string of the molecule is CC(C)CCCCCCCCCCOC(=O)OC1CCCCC1OC(=O)OC(C)(C)C. The number of hydrogen-bond acceptors (Lipinski definition) is 6. The lowest BCUT2D eigenvalue weighted by Gasteiger charge is -2.31. The van der Waals surface area contributed by atoms with Crippen LogP contribution in [-0.2, 0) is 18.9 Å². The fourth-order valence-electron chi connectivity index (χ4n) is 3.76. The minimum Gasteiger partial charge on any atom is -0.434 e. The van der Waals surface area contributed by atoms with E-state index >= 15 is 0 Å². The van der Waals surface area contributed by atoms with E-state index < -0.39 is 30.1 Å². The average Bonchev–Trinajstić information content (AvgIpc) is 2.66. The van der Waals surface area contributed by atoms with Crippen molar-refractivity contribution < 1.29 is 28.5 Å². The smallest absolute Gasteiger partial charge is 0.434 e. The minimum atomic E-state index is -0.721. The van der Waals surface area contributed by atoms with Crippen LogP contribution >= 0.6 is 0 Å². The molecule has 1 aliphatic carbocycles. The first-order valence-corrected chi connectivity index (χ1v) is 12.4. The van der Waals surface area contributed by atoms with Crippen molar-refractivity contribution in [1.29, 1.82) is 0 Å². The topological polar surface area (TPSA) is 71.1 Å². The van der Waals surface area contributed by atoms with Gasteiger partial charge in [-0.25, -0.2) is 9.59 Å². The van der Waals surface area contributed by atoms with Gasteiger partial charge in [0, 0.05) is 0 Å². The number of carbonyl (C=O) groups is 2. The summed E-state index contributed by atoms with van der Waals surface area (Å²) in [7, 11) is 0. The Morgan fingerprint density at radius 3 is 1.77 bits per heavy atom. The van der Waals surface area contributed by atoms with E-state index in [1.165, 1.54) is 44.9 Å². The molecule has 0 aromatic carbocycles. The van der Waals surface area contributed by atoms with E-state index in [0.29, 0.717) is 19.4 Å². The maximum absolute atomic E-state index is 12.0. The first kappa shape index (κ1) is 27.6. The molecule has 0 radical (unpaired) electrons. The van der Waals surface area contributed by atoms with Crippen LogP contribution in [0.25, 0.3) is 0 Å². The van der Waals surface area contributed by atoms with Crippen molar-refractivity contribution in [2.75, 3.05) is 6.61 Å². The van der Waals surface area contributed by atoms with Crippen LogP contribution in [0.4, 0.5) is 9.59 Å². The van der Waals surface area contributed by atoms with Gasteiger partial charge in [-0.15, -0.1) is 0 Å². The molecule has 0 spiro atoms. The quantitative estimate of drug-likeness (QED) is 0.216. The summed E-state index contributed by atoms with van der Waals surface area (Å²) < 4.78 is 21.3. The van der Waals surface area contributed by atoms with Crippen molar-refractivity contribution in [3.63, 3.8) is 0 Å². The molecule has 6 heteroatoms. The molecule has 6 nitrogen and oxygen atoms in total. The Morgan fingerprint density at radius 2 is 1.26 bits per heavy atom. The van der Waals surface area contributed by atoms with Crippen LogP contribution < -0.4 is 0 Å². The molecule has 1 rings (SSSR count). The number of rotatable bonds is 13. The van der Waals surface area contributed by atoms with Gasteiger partial charge in [0.25, 0.3) is 0 Å². The van der Waals surface area contributed by atoms with Crippen LogP contribution in [-0.4, -0.2) is 36.7 Å². The highest BCUT2D eigenvalue weighted by molar-refractivity contribution is 5.61. The number of unbranched alkanes of at least 4 members (excludes halogenated alkanes) is 7. The van der Waals surface area contributed by atoms with Crippen molar-refractivity contribution in [1.82, 2.24) is 0 Å². The van der Waals surface area contributed by atoms with Crippen LogP contribution in [0.2, 0.25) is 0 Å². The van der Waals surface area contributed by atoms with Crippen LogP contribution in [0.5, 0.6) is 0 Å². The molecule has 0 aliphatic heterocycles. The summed E-state index contributed by atoms with van der Waals surface area (Å²) in [5, 5.41) is 0. The van der Waals surface area contributed by atoms with Gasteiger partial charge in [-0.3, -0.25) is 0 Å². The molecule has 0 aromatic rings. The van der Waals surface area contributed by atoms with Crippen LogP contribution in [0, 0.1) is 5.92 Å². The molecule has 31 heavy (non-hydrogen) atoms. The standard InChI is InChI=1S/C25H46O6/c1-20(2)16-12-10-8-6-7-9-11-15-19-28-23(26)29-21-17-13-14-18-22(21)30-24(27)31-25(3,4)5/h20-22H,6-19H2,1-5H3. The Hall–Kier alpha value is -1.46. The van der Waals surface area contributed by atoms with E-state index in [0.717, 1.165) is 31.6 Å². The van der Waals surface area contributed by atoms with Crippen LogP contribution in [0.1, 0.15) is 118 Å². The normalized spacial score (nSPS) is 19.2. The highest BCUT2D eigenvalue weighted by atomic mass is 16.8. The van der Waals surface area contributed by atoms with Crippen molar-refractivity contribution in [3.8, 4) is 0 Å². The molecule has 182 valence electrons. The lowest BCUT2D eigenvalue weighted by atomic mass is 9.95. The van der Waals surface area contributed by atoms with Gasteiger partial charge in [-0.05, 0) is 58.8 Å². The largest absolute Gasteiger partial charge is 0.509 e. The van der Waals surface area contributed by atoms with Gasteiger partial charge in [0.1, 0.15) is 17.8 Å². The van der Waals surface area contributed by atoms with E-state index in [9.17, 15) is 9.59 Å². The van der Waals surface area contributed by atoms with Crippen LogP contribution in [0.3, 0.4) is 0 Å². The molecular weight excluding hydrogens is 396 g/mol. The van der Waals surface area contributed by atoms with Gasteiger partial charge in [0.05, 0.1) is 6.61 Å². The first-order chi connectivity index (χ1) is 14.7. The van der Waals surface area contributed by atoms with Gasteiger partial charge in [0.15, 0.2) is 0 Å². The van der Waals surface area contributed by atoms with Crippen LogP contribution in [0.15, 0.2) is 0 Å². The Morgan fingerprint density at radius 1 is 0.774 bits per heavy atom. The van der Waals surface area contributed by atoms with E-state index in [4.69, 9.17) is 18.9 Å². The highest BCUT2D eigenvalue weighted by Crippen LogP contribution is 2.25. The Labute approximate surface area is 189 Å². The Balaban J connectivity index is 2.11. The fourth-order valence-corrected chi connectivity index (χ4v) is 3.76. The summed E-state index contributed by atoms with van der Waals surface area (Å²) in [5.74, 6) is 0.813. The molecule has 2 unspecified atom stereocenters. The Bertz CT molecular complexity index is 497. The maximum atomic E-state index is 12.0. The predicted octanol–water partition coefficient (Wildman–Crippen LogP) is 7.57. The second-order valence-corrected chi connectivity index (χ2v) is 10.2. The monoisotopic (exact) mass is 442 g/mol. The summed E-state index contributed by atoms with van der Waals surface area (Å²) in [6, 6.07) is 0. The molecule has 2 atom stereocenters. The molecule has 0 bridgehead atoms. The first-order valence-electron chi connectivity index (χ1n) is 12.4. The third-order valence-corrected chi connectivity index (χ3v) is 5.42. The van der Waals surface area contributed by atoms with E-state index in [2.05, 4.69) is 13.8 Å². The summed E-state index contributed by atoms with van der Waals surface area (Å²) in [4.78, 5) is 24.0. The maximum Gasteiger partial charge on any atom is 0.509 e. The zero-order chi connectivity index (χ0) is 23.1. The zero-order valence-corrected chi connectivity index (χ0v) is 20.6. The molecule has 0 aromatic heterocycles. The van der Waals surface area contributed by atoms with Gasteiger partial charge < -0.3 is 18.9 Å². The van der Waals surface area contributed by atoms with Gasteiger partial charge in [-0.2, -0.15) is 0 Å². The van der Waals surface area contributed by atoms with Gasteiger partial charge >= 0.3 is 12.3 Å². The number of hydrogen-bond donors (Lipinski definition) is 0. The predicted molar refractivity (Wildman–Crippen MR) is 122 cm³/mol. The Kier molecular flexibility index (Phi) is 13.7. The third-order valence-electron chi connectivity index (χ3n) is 5.42. The zero-order valence-electron chi connectivity index (χ0n) is 20.6. The lowest BCUT2D eigenvalue weighted by Crippen LogP contribution is -2.39. The number of carbonyl (C=O) groups excluding carboxylic acids is 2. The molecule has 1 fully saturated rings. The molecule has 1 saturated carbocycles. The van der Waals surface area contributed by atoms with Gasteiger partial charge in [0.2, 0.25) is 0 Å². The average molecular weight is 443 g/mol. The minimum absolute atomic E-state index is 0.373. The number of ether oxygens (including phenoxy) is 4. The molecule has 0 N–H and O–H groups in total. The summed E-state index contributed by atoms with van der Waals surface area (Å²) in [6.45, 7) is 10.3. The van der Waals surface area contributed by atoms with E-state index in [1.54, 1.807) is 20.8 Å². The molecule has 0 heterocycles. The van der Waals surface area contributed by atoms with E-state index in [1.807, 2.05) is 0 Å². The second-order valence-electron chi connectivity index (χ2n) is 10.2. The second kappa shape index (κ2) is 15.4. The van der Waals surface area contributed by atoms with Crippen molar-refractivity contribution >= 4 is 12.3 Å². The molecule has 0 amide bonds. The molecular formula is C25H46O6. The van der Waals surface area contributed by atoms with Crippen molar-refractivity contribution in [2.24, 2.45) is 5.92 Å². The van der Waals surface area contributed by atoms with E-state index in [-0.39, 0.29) is 0 Å². The van der Waals surface area contributed by atoms with Crippen molar-refractivity contribution in [3.05, 3.63) is 0 Å². The summed E-state index contributed by atoms with van der Waals surface area (Å²) in [6.07, 6.45) is 11.8. The lowest BCUT2D eigenvalue weighted by molar-refractivity contribution is -0.0854. The van der Waals surface area contributed by atoms with Gasteiger partial charge in [-0.1, -0.05) is 65.2 Å². The van der Waals surface area contributed by atoms with Crippen molar-refractivity contribution in [2.45, 2.75) is 136 Å². The summed E-state index contributed by atoms with van der Waals surface area (Å²) >= 11 is 0. The highest BCUT2D eigenvalue weighted by Gasteiger charge is 2.33.